The molecule has 0 aliphatic rings. The van der Waals surface area contributed by atoms with Crippen LogP contribution in [0.25, 0.3) is 0 Å². The van der Waals surface area contributed by atoms with E-state index in [-0.39, 0.29) is 96.3 Å². The fourth-order valence-corrected chi connectivity index (χ4v) is 3.63. The van der Waals surface area contributed by atoms with Crippen LogP contribution in [0.5, 0.6) is 0 Å². The van der Waals surface area contributed by atoms with Crippen LogP contribution in [0.2, 0.25) is 0 Å². The van der Waals surface area contributed by atoms with Gasteiger partial charge in [0.15, 0.2) is 12.2 Å². The Kier molecular flexibility index (Phi) is 26.1. The molecule has 0 aliphatic heterocycles. The Morgan fingerprint density at radius 3 is 1.21 bits per heavy atom. The molecule has 15 nitrogen and oxygen atoms in total. The molecular formula is C24H33CaMgN3O12S2. The Labute approximate surface area is 297 Å². The molecule has 0 atom stereocenters. The SMILES string of the molecule is CCOC(=O)CN.CCOC([O-])=Nc1ccc(S(=O)(=O)OC)cc1.CCOC([O-])=Nc1ccc(S(=O)(=O)OC)cc1.[Ca+2].[Mg]. The quantitative estimate of drug-likeness (QED) is 0.110. The van der Waals surface area contributed by atoms with E-state index >= 15 is 0 Å². The van der Waals surface area contributed by atoms with Crippen molar-refractivity contribution in [1.82, 2.24) is 0 Å². The second kappa shape index (κ2) is 24.6. The van der Waals surface area contributed by atoms with Gasteiger partial charge in [-0.15, -0.1) is 0 Å². The standard InChI is InChI=1S/2C10H13NO5S.C4H9NO2.Ca.Mg/c2*1-3-16-10(12)11-8-4-6-9(7-5-8)17(13,14)15-2;1-2-7-4(6)3-5;;/h2*4-7H,3H2,1-2H3,(H,11,12);2-3,5H2,1H3;;/q;;;+2;/p-2. The molecule has 232 valence electrons. The molecule has 0 bridgehead atoms. The molecule has 0 spiro atoms. The molecule has 0 fully saturated rings. The minimum atomic E-state index is -3.71. The van der Waals surface area contributed by atoms with Gasteiger partial charge in [-0.2, -0.15) is 16.8 Å². The summed E-state index contributed by atoms with van der Waals surface area (Å²) in [5, 5.41) is 22.0. The third-order valence-electron chi connectivity index (χ3n) is 4.14. The van der Waals surface area contributed by atoms with Crippen molar-refractivity contribution < 1.29 is 54.4 Å². The van der Waals surface area contributed by atoms with Crippen LogP contribution >= 0.6 is 0 Å². The molecule has 0 unspecified atom stereocenters. The maximum Gasteiger partial charge on any atom is 2.00 e. The molecule has 0 heterocycles. The van der Waals surface area contributed by atoms with E-state index in [1.807, 2.05) is 0 Å². The number of carbonyl (C=O) groups is 1. The summed E-state index contributed by atoms with van der Waals surface area (Å²) in [6, 6.07) is 10.8. The number of nitrogens with two attached hydrogens (primary N) is 1. The van der Waals surface area contributed by atoms with Gasteiger partial charge in [0.2, 0.25) is 0 Å². The van der Waals surface area contributed by atoms with Crippen LogP contribution in [0.15, 0.2) is 68.3 Å². The first-order valence-electron chi connectivity index (χ1n) is 11.7. The van der Waals surface area contributed by atoms with E-state index in [1.54, 1.807) is 20.8 Å². The normalized spacial score (nSPS) is 11.2. The van der Waals surface area contributed by atoms with Crippen LogP contribution in [0.3, 0.4) is 0 Å². The number of carbonyl (C=O) groups excluding carboxylic acids is 1. The Bertz CT molecular complexity index is 1250. The maximum atomic E-state index is 11.3. The minimum absolute atomic E-state index is 0. The first-order chi connectivity index (χ1) is 19.3. The molecule has 2 radical (unpaired) electrons. The third kappa shape index (κ3) is 19.3. The fourth-order valence-electron chi connectivity index (χ4n) is 2.31. The van der Waals surface area contributed by atoms with Crippen LogP contribution in [0.1, 0.15) is 20.8 Å². The summed E-state index contributed by atoms with van der Waals surface area (Å²) in [5.74, 6) is -0.345. The molecule has 0 aliphatic carbocycles. The summed E-state index contributed by atoms with van der Waals surface area (Å²) < 4.78 is 67.5. The fraction of sp³-hybridized carbons (Fsp3) is 0.375. The Hall–Kier alpha value is -1.74. The van der Waals surface area contributed by atoms with Crippen molar-refractivity contribution >= 4 is 111 Å². The van der Waals surface area contributed by atoms with E-state index in [4.69, 9.17) is 5.73 Å². The predicted octanol–water partition coefficient (Wildman–Crippen LogP) is -0.441. The van der Waals surface area contributed by atoms with Gasteiger partial charge in [-0.25, -0.2) is 9.98 Å². The van der Waals surface area contributed by atoms with Crippen molar-refractivity contribution in [3.05, 3.63) is 48.5 Å². The zero-order chi connectivity index (χ0) is 31.5. The van der Waals surface area contributed by atoms with E-state index in [1.165, 1.54) is 48.5 Å². The van der Waals surface area contributed by atoms with E-state index in [0.29, 0.717) is 18.0 Å². The number of rotatable bonds is 10. The summed E-state index contributed by atoms with van der Waals surface area (Å²) >= 11 is 0. The van der Waals surface area contributed by atoms with Gasteiger partial charge in [0.05, 0.1) is 48.5 Å². The van der Waals surface area contributed by atoms with Gasteiger partial charge < -0.3 is 30.2 Å². The summed E-state index contributed by atoms with van der Waals surface area (Å²) in [4.78, 5) is 17.3. The van der Waals surface area contributed by atoms with Crippen molar-refractivity contribution in [2.75, 3.05) is 40.6 Å². The molecule has 43 heavy (non-hydrogen) atoms. The second-order valence-corrected chi connectivity index (χ2v) is 10.3. The van der Waals surface area contributed by atoms with E-state index < -0.39 is 32.4 Å². The summed E-state index contributed by atoms with van der Waals surface area (Å²) in [7, 11) is -5.27. The maximum absolute atomic E-state index is 11.3. The molecule has 19 heteroatoms. The zero-order valence-electron chi connectivity index (χ0n) is 24.5. The number of nitrogens with zero attached hydrogens (tertiary/aromatic N) is 2. The number of hydrogen-bond acceptors (Lipinski definition) is 15. The zero-order valence-corrected chi connectivity index (χ0v) is 29.8. The van der Waals surface area contributed by atoms with Crippen molar-refractivity contribution in [1.29, 1.82) is 0 Å². The monoisotopic (exact) mass is 683 g/mol. The van der Waals surface area contributed by atoms with Crippen LogP contribution in [0.4, 0.5) is 11.4 Å². The Balaban J connectivity index is -0.000000590. The third-order valence-corrected chi connectivity index (χ3v) is 6.71. The van der Waals surface area contributed by atoms with Gasteiger partial charge >= 0.3 is 43.7 Å². The molecule has 0 saturated heterocycles. The Morgan fingerprint density at radius 2 is 1.00 bits per heavy atom. The largest absolute Gasteiger partial charge is 2.00 e. The molecule has 2 aromatic rings. The molecule has 0 aromatic heterocycles. The van der Waals surface area contributed by atoms with Crippen molar-refractivity contribution in [3.8, 4) is 0 Å². The summed E-state index contributed by atoms with van der Waals surface area (Å²) in [6.07, 6.45) is -1.43. The summed E-state index contributed by atoms with van der Waals surface area (Å²) in [6.45, 7) is 5.94. The molecular weight excluding hydrogens is 651 g/mol. The van der Waals surface area contributed by atoms with Gasteiger partial charge in [0, 0.05) is 23.1 Å². The number of ether oxygens (including phenoxy) is 3. The number of aliphatic imine (C=N–C) groups is 2. The average Bonchev–Trinajstić information content (AvgIpc) is 2.94. The Morgan fingerprint density at radius 1 is 0.698 bits per heavy atom. The van der Waals surface area contributed by atoms with Crippen LogP contribution < -0.4 is 15.9 Å². The van der Waals surface area contributed by atoms with E-state index in [9.17, 15) is 31.8 Å². The van der Waals surface area contributed by atoms with Crippen LogP contribution in [0, 0.1) is 0 Å². The molecule has 2 rings (SSSR count). The number of esters is 1. The van der Waals surface area contributed by atoms with Crippen molar-refractivity contribution in [3.63, 3.8) is 0 Å². The van der Waals surface area contributed by atoms with Gasteiger partial charge in [0.25, 0.3) is 20.2 Å². The topological polar surface area (TPSA) is 228 Å². The molecule has 0 saturated carbocycles. The molecule has 0 amide bonds. The minimum Gasteiger partial charge on any atom is -0.600 e. The average molecular weight is 684 g/mol. The van der Waals surface area contributed by atoms with Gasteiger partial charge in [0.1, 0.15) is 0 Å². The van der Waals surface area contributed by atoms with E-state index in [2.05, 4.69) is 32.6 Å². The smallest absolute Gasteiger partial charge is 0.600 e. The van der Waals surface area contributed by atoms with Gasteiger partial charge in [-0.3, -0.25) is 13.2 Å². The first kappa shape index (κ1) is 45.7. The summed E-state index contributed by atoms with van der Waals surface area (Å²) in [5.41, 5.74) is 5.52. The number of benzene rings is 2. The van der Waals surface area contributed by atoms with Crippen LogP contribution in [-0.4, -0.2) is 136 Å². The molecule has 2 N–H and O–H groups in total. The first-order valence-corrected chi connectivity index (χ1v) is 14.6. The molecule has 2 aromatic carbocycles. The van der Waals surface area contributed by atoms with Crippen molar-refractivity contribution in [2.24, 2.45) is 15.7 Å². The van der Waals surface area contributed by atoms with Gasteiger partial charge in [-0.05, 0) is 68.7 Å². The van der Waals surface area contributed by atoms with E-state index in [0.717, 1.165) is 14.2 Å². The van der Waals surface area contributed by atoms with Gasteiger partial charge in [-0.1, -0.05) is 13.8 Å². The second-order valence-electron chi connectivity index (χ2n) is 6.86. The number of hydrogen-bond donors (Lipinski definition) is 1. The van der Waals surface area contributed by atoms with Crippen LogP contribution in [-0.2, 0) is 47.6 Å². The van der Waals surface area contributed by atoms with Crippen molar-refractivity contribution in [2.45, 2.75) is 30.6 Å². The predicted molar refractivity (Wildman–Crippen MR) is 156 cm³/mol.